The van der Waals surface area contributed by atoms with E-state index < -0.39 is 0 Å². The van der Waals surface area contributed by atoms with Crippen LogP contribution in [-0.4, -0.2) is 53.8 Å². The number of unbranched alkanes of at least 4 members (excludes halogenated alkanes) is 1. The Kier molecular flexibility index (Phi) is 9.11. The molecule has 0 N–H and O–H groups in total. The Morgan fingerprint density at radius 1 is 1.26 bits per heavy atom. The fourth-order valence-electron chi connectivity index (χ4n) is 3.02. The third kappa shape index (κ3) is 7.59. The Morgan fingerprint density at radius 2 is 2.04 bits per heavy atom. The lowest BCUT2D eigenvalue weighted by Gasteiger charge is -2.22. The number of methoxy groups -OCH3 is 1. The van der Waals surface area contributed by atoms with Crippen LogP contribution in [0.1, 0.15) is 31.2 Å². The third-order valence-corrected chi connectivity index (χ3v) is 5.50. The monoisotopic (exact) mass is 389 g/mol. The fourth-order valence-corrected chi connectivity index (χ4v) is 3.86. The van der Waals surface area contributed by atoms with Crippen molar-refractivity contribution >= 4 is 29.4 Å². The lowest BCUT2D eigenvalue weighted by molar-refractivity contribution is -0.137. The number of esters is 1. The summed E-state index contributed by atoms with van der Waals surface area (Å²) in [7, 11) is 1.39. The highest BCUT2D eigenvalue weighted by Gasteiger charge is 2.28. The second kappa shape index (κ2) is 11.6. The van der Waals surface area contributed by atoms with Crippen molar-refractivity contribution in [1.29, 1.82) is 0 Å². The second-order valence-corrected chi connectivity index (χ2v) is 7.62. The van der Waals surface area contributed by atoms with E-state index in [1.165, 1.54) is 7.11 Å². The number of carbonyl (C=O) groups is 3. The van der Waals surface area contributed by atoms with Crippen LogP contribution in [0.2, 0.25) is 0 Å². The number of thioether (sulfide) groups is 1. The van der Waals surface area contributed by atoms with Crippen molar-refractivity contribution in [3.05, 3.63) is 48.0 Å². The average Bonchev–Trinajstić information content (AvgIpc) is 3.03. The Balaban J connectivity index is 1.73. The first-order valence-electron chi connectivity index (χ1n) is 9.29. The Bertz CT molecular complexity index is 659. The number of benzene rings is 1. The SMILES string of the molecule is COC(=O)CSCCCCN1C(=O)CC[C@@H]1/C=C/C(=O)Cc1ccccc1. The molecule has 6 heteroatoms. The fraction of sp³-hybridized carbons (Fsp3) is 0.476. The smallest absolute Gasteiger partial charge is 0.315 e. The second-order valence-electron chi connectivity index (χ2n) is 6.52. The zero-order valence-corrected chi connectivity index (χ0v) is 16.6. The van der Waals surface area contributed by atoms with Crippen LogP contribution in [0.3, 0.4) is 0 Å². The van der Waals surface area contributed by atoms with Gasteiger partial charge in [-0.2, -0.15) is 11.8 Å². The Labute approximate surface area is 165 Å². The van der Waals surface area contributed by atoms with Crippen molar-refractivity contribution in [3.8, 4) is 0 Å². The number of carbonyl (C=O) groups excluding carboxylic acids is 3. The van der Waals surface area contributed by atoms with Gasteiger partial charge in [0.2, 0.25) is 5.91 Å². The van der Waals surface area contributed by atoms with Crippen molar-refractivity contribution in [1.82, 2.24) is 4.90 Å². The Hall–Kier alpha value is -2.08. The number of amides is 1. The van der Waals surface area contributed by atoms with Crippen LogP contribution in [0, 0.1) is 0 Å². The van der Waals surface area contributed by atoms with Crippen molar-refractivity contribution in [2.75, 3.05) is 25.2 Å². The van der Waals surface area contributed by atoms with E-state index in [4.69, 9.17) is 0 Å². The van der Waals surface area contributed by atoms with Crippen LogP contribution in [-0.2, 0) is 25.5 Å². The van der Waals surface area contributed by atoms with Gasteiger partial charge in [0.05, 0.1) is 18.9 Å². The molecular formula is C21H27NO4S. The van der Waals surface area contributed by atoms with Gasteiger partial charge in [0.15, 0.2) is 5.78 Å². The maximum Gasteiger partial charge on any atom is 0.315 e. The van der Waals surface area contributed by atoms with Crippen LogP contribution in [0.5, 0.6) is 0 Å². The van der Waals surface area contributed by atoms with Gasteiger partial charge in [-0.1, -0.05) is 36.4 Å². The van der Waals surface area contributed by atoms with Crippen LogP contribution >= 0.6 is 11.8 Å². The van der Waals surface area contributed by atoms with E-state index in [9.17, 15) is 14.4 Å². The maximum absolute atomic E-state index is 12.1. The molecule has 5 nitrogen and oxygen atoms in total. The van der Waals surface area contributed by atoms with Gasteiger partial charge >= 0.3 is 5.97 Å². The molecule has 0 saturated carbocycles. The van der Waals surface area contributed by atoms with E-state index >= 15 is 0 Å². The highest BCUT2D eigenvalue weighted by molar-refractivity contribution is 7.99. The average molecular weight is 390 g/mol. The zero-order chi connectivity index (χ0) is 19.5. The molecule has 2 rings (SSSR count). The molecule has 1 atom stereocenters. The van der Waals surface area contributed by atoms with E-state index in [1.807, 2.05) is 41.3 Å². The molecule has 1 fully saturated rings. The van der Waals surface area contributed by atoms with Crippen molar-refractivity contribution < 1.29 is 19.1 Å². The van der Waals surface area contributed by atoms with E-state index in [2.05, 4.69) is 4.74 Å². The third-order valence-electron chi connectivity index (χ3n) is 4.49. The molecule has 1 aromatic rings. The number of ketones is 1. The highest BCUT2D eigenvalue weighted by atomic mass is 32.2. The van der Waals surface area contributed by atoms with E-state index in [0.717, 1.165) is 30.6 Å². The molecular weight excluding hydrogens is 362 g/mol. The van der Waals surface area contributed by atoms with Crippen LogP contribution in [0.15, 0.2) is 42.5 Å². The summed E-state index contributed by atoms with van der Waals surface area (Å²) >= 11 is 1.55. The number of allylic oxidation sites excluding steroid dienone is 1. The first kappa shape index (κ1) is 21.2. The molecule has 0 spiro atoms. The molecule has 0 aliphatic carbocycles. The van der Waals surface area contributed by atoms with Crippen LogP contribution < -0.4 is 0 Å². The molecule has 1 amide bonds. The summed E-state index contributed by atoms with van der Waals surface area (Å²) < 4.78 is 4.60. The molecule has 1 aliphatic heterocycles. The molecule has 1 aromatic carbocycles. The van der Waals surface area contributed by atoms with Gasteiger partial charge < -0.3 is 9.64 Å². The maximum atomic E-state index is 12.1. The minimum Gasteiger partial charge on any atom is -0.468 e. The number of likely N-dealkylation sites (tertiary alicyclic amines) is 1. The lowest BCUT2D eigenvalue weighted by atomic mass is 10.1. The van der Waals surface area contributed by atoms with Crippen molar-refractivity contribution in [3.63, 3.8) is 0 Å². The van der Waals surface area contributed by atoms with Gasteiger partial charge in [0.25, 0.3) is 0 Å². The molecule has 1 aliphatic rings. The summed E-state index contributed by atoms with van der Waals surface area (Å²) in [6.45, 7) is 0.694. The zero-order valence-electron chi connectivity index (χ0n) is 15.8. The van der Waals surface area contributed by atoms with E-state index in [1.54, 1.807) is 17.8 Å². The quantitative estimate of drug-likeness (QED) is 0.331. The molecule has 0 bridgehead atoms. The molecule has 0 aromatic heterocycles. The molecule has 27 heavy (non-hydrogen) atoms. The molecule has 1 heterocycles. The normalized spacial score (nSPS) is 16.9. The molecule has 0 unspecified atom stereocenters. The van der Waals surface area contributed by atoms with Gasteiger partial charge in [-0.3, -0.25) is 14.4 Å². The van der Waals surface area contributed by atoms with Crippen LogP contribution in [0.25, 0.3) is 0 Å². The summed E-state index contributed by atoms with van der Waals surface area (Å²) in [5, 5.41) is 0. The van der Waals surface area contributed by atoms with Crippen molar-refractivity contribution in [2.24, 2.45) is 0 Å². The topological polar surface area (TPSA) is 63.7 Å². The van der Waals surface area contributed by atoms with Gasteiger partial charge in [-0.15, -0.1) is 0 Å². The predicted octanol–water partition coefficient (Wildman–Crippen LogP) is 3.03. The van der Waals surface area contributed by atoms with E-state index in [0.29, 0.717) is 25.1 Å². The summed E-state index contributed by atoms with van der Waals surface area (Å²) in [5.41, 5.74) is 0.996. The van der Waals surface area contributed by atoms with Gasteiger partial charge in [0.1, 0.15) is 0 Å². The van der Waals surface area contributed by atoms with Crippen LogP contribution in [0.4, 0.5) is 0 Å². The largest absolute Gasteiger partial charge is 0.468 e. The minimum atomic E-state index is -0.208. The summed E-state index contributed by atoms with van der Waals surface area (Å²) in [6.07, 6.45) is 7.02. The molecule has 146 valence electrons. The lowest BCUT2D eigenvalue weighted by Crippen LogP contribution is -2.32. The Morgan fingerprint density at radius 3 is 2.78 bits per heavy atom. The number of hydrogen-bond acceptors (Lipinski definition) is 5. The number of nitrogens with zero attached hydrogens (tertiary/aromatic N) is 1. The van der Waals surface area contributed by atoms with Gasteiger partial charge in [-0.25, -0.2) is 0 Å². The number of ether oxygens (including phenoxy) is 1. The van der Waals surface area contributed by atoms with Gasteiger partial charge in [0, 0.05) is 19.4 Å². The predicted molar refractivity (Wildman–Crippen MR) is 108 cm³/mol. The molecule has 0 radical (unpaired) electrons. The minimum absolute atomic E-state index is 0.0138. The summed E-state index contributed by atoms with van der Waals surface area (Å²) in [4.78, 5) is 37.2. The highest BCUT2D eigenvalue weighted by Crippen LogP contribution is 2.21. The van der Waals surface area contributed by atoms with Gasteiger partial charge in [-0.05, 0) is 36.7 Å². The first-order valence-corrected chi connectivity index (χ1v) is 10.4. The van der Waals surface area contributed by atoms with E-state index in [-0.39, 0.29) is 23.7 Å². The van der Waals surface area contributed by atoms with Crippen molar-refractivity contribution in [2.45, 2.75) is 38.1 Å². The summed E-state index contributed by atoms with van der Waals surface area (Å²) in [6, 6.07) is 9.67. The standard InChI is InChI=1S/C21H27NO4S/c1-26-21(25)16-27-14-6-5-13-22-18(10-12-20(22)24)9-11-19(23)15-17-7-3-2-4-8-17/h2-4,7-9,11,18H,5-6,10,12-16H2,1H3/b11-9+/t18-/m0/s1. The number of rotatable bonds is 11. The first-order chi connectivity index (χ1) is 13.1. The number of hydrogen-bond donors (Lipinski definition) is 0. The summed E-state index contributed by atoms with van der Waals surface area (Å²) in [5.74, 6) is 1.24. The molecule has 1 saturated heterocycles.